The fourth-order valence-corrected chi connectivity index (χ4v) is 3.71. The number of piperidine rings is 1. The van der Waals surface area contributed by atoms with Gasteiger partial charge in [-0.15, -0.1) is 0 Å². The molecule has 5 heteroatoms. The highest BCUT2D eigenvalue weighted by molar-refractivity contribution is 5.98. The van der Waals surface area contributed by atoms with Crippen molar-refractivity contribution in [3.8, 4) is 0 Å². The lowest BCUT2D eigenvalue weighted by atomic mass is 9.90. The molecular weight excluding hydrogens is 306 g/mol. The molecule has 1 atom stereocenters. The summed E-state index contributed by atoms with van der Waals surface area (Å²) in [6.45, 7) is 3.19. The number of benzene rings is 1. The maximum Gasteiger partial charge on any atom is 0.307 e. The Kier molecular flexibility index (Phi) is 4.43. The number of carbonyl (C=O) groups is 3. The Hall–Kier alpha value is -2.17. The van der Waals surface area contributed by atoms with Crippen LogP contribution in [0.25, 0.3) is 0 Å². The van der Waals surface area contributed by atoms with Gasteiger partial charge in [-0.25, -0.2) is 0 Å². The van der Waals surface area contributed by atoms with E-state index < -0.39 is 5.97 Å². The fraction of sp³-hybridized carbons (Fsp3) is 0.526. The molecule has 0 radical (unpaired) electrons. The third kappa shape index (κ3) is 3.35. The number of aryl methyl sites for hydroxylation is 1. The summed E-state index contributed by atoms with van der Waals surface area (Å²) in [6, 6.07) is 7.39. The summed E-state index contributed by atoms with van der Waals surface area (Å²) in [5, 5.41) is 9.10. The largest absolute Gasteiger partial charge is 0.481 e. The summed E-state index contributed by atoms with van der Waals surface area (Å²) >= 11 is 0. The maximum atomic E-state index is 12.3. The van der Waals surface area contributed by atoms with Crippen LogP contribution < -0.4 is 0 Å². The first kappa shape index (κ1) is 16.7. The van der Waals surface area contributed by atoms with Crippen LogP contribution in [0.4, 0.5) is 0 Å². The van der Waals surface area contributed by atoms with Crippen molar-refractivity contribution in [1.82, 2.24) is 4.90 Å². The Bertz CT molecular complexity index is 656. The summed E-state index contributed by atoms with van der Waals surface area (Å²) < 4.78 is 0. The topological polar surface area (TPSA) is 74.7 Å². The predicted molar refractivity (Wildman–Crippen MR) is 88.7 cm³/mol. The van der Waals surface area contributed by atoms with Gasteiger partial charge in [-0.05, 0) is 31.6 Å². The summed E-state index contributed by atoms with van der Waals surface area (Å²) in [5.41, 5.74) is 1.68. The zero-order valence-corrected chi connectivity index (χ0v) is 14.0. The molecule has 128 valence electrons. The number of hydrogen-bond acceptors (Lipinski definition) is 3. The molecule has 1 spiro atoms. The zero-order chi connectivity index (χ0) is 17.3. The minimum absolute atomic E-state index is 0.00200. The minimum atomic E-state index is -0.710. The molecule has 1 aliphatic heterocycles. The molecule has 2 fully saturated rings. The van der Waals surface area contributed by atoms with Crippen molar-refractivity contribution in [2.24, 2.45) is 11.3 Å². The average molecular weight is 329 g/mol. The molecule has 1 N–H and O–H groups in total. The Morgan fingerprint density at radius 3 is 2.29 bits per heavy atom. The molecule has 1 unspecified atom stereocenters. The number of amides is 1. The van der Waals surface area contributed by atoms with Gasteiger partial charge in [0.25, 0.3) is 0 Å². The quantitative estimate of drug-likeness (QED) is 0.843. The number of Topliss-reactive ketones (excluding diaryl/α,β-unsaturated/α-hetero) is 1. The van der Waals surface area contributed by atoms with Crippen molar-refractivity contribution in [1.29, 1.82) is 0 Å². The molecule has 1 aliphatic carbocycles. The van der Waals surface area contributed by atoms with Gasteiger partial charge >= 0.3 is 5.97 Å². The molecule has 24 heavy (non-hydrogen) atoms. The number of carboxylic acids is 1. The number of hydrogen-bond donors (Lipinski definition) is 1. The van der Waals surface area contributed by atoms with Crippen LogP contribution in [-0.2, 0) is 9.59 Å². The highest BCUT2D eigenvalue weighted by atomic mass is 16.4. The average Bonchev–Trinajstić information content (AvgIpc) is 3.27. The Balaban J connectivity index is 1.46. The SMILES string of the molecule is Cc1ccc(C(=O)CCC(=O)N2CCC3(CC2)CC3C(=O)O)cc1. The van der Waals surface area contributed by atoms with Crippen LogP contribution in [0.2, 0.25) is 0 Å². The summed E-state index contributed by atoms with van der Waals surface area (Å²) in [6.07, 6.45) is 2.73. The first-order valence-corrected chi connectivity index (χ1v) is 8.52. The van der Waals surface area contributed by atoms with E-state index in [1.165, 1.54) is 0 Å². The molecule has 5 nitrogen and oxygen atoms in total. The van der Waals surface area contributed by atoms with Gasteiger partial charge in [0.1, 0.15) is 0 Å². The van der Waals surface area contributed by atoms with Crippen molar-refractivity contribution in [2.75, 3.05) is 13.1 Å². The number of carboxylic acid groups (broad SMARTS) is 1. The lowest BCUT2D eigenvalue weighted by molar-refractivity contribution is -0.139. The van der Waals surface area contributed by atoms with Crippen molar-refractivity contribution >= 4 is 17.7 Å². The molecule has 1 amide bonds. The van der Waals surface area contributed by atoms with Gasteiger partial charge in [-0.3, -0.25) is 14.4 Å². The second-order valence-corrected chi connectivity index (χ2v) is 7.13. The second-order valence-electron chi connectivity index (χ2n) is 7.13. The predicted octanol–water partition coefficient (Wildman–Crippen LogP) is 2.67. The highest BCUT2D eigenvalue weighted by Crippen LogP contribution is 2.59. The summed E-state index contributed by atoms with van der Waals surface area (Å²) in [7, 11) is 0. The van der Waals surface area contributed by atoms with Crippen LogP contribution in [0.1, 0.15) is 48.0 Å². The number of rotatable bonds is 5. The van der Waals surface area contributed by atoms with E-state index in [1.54, 1.807) is 17.0 Å². The number of aliphatic carboxylic acids is 1. The molecular formula is C19H23NO4. The zero-order valence-electron chi connectivity index (χ0n) is 14.0. The molecule has 3 rings (SSSR count). The van der Waals surface area contributed by atoms with Crippen LogP contribution in [0.15, 0.2) is 24.3 Å². The number of ketones is 1. The van der Waals surface area contributed by atoms with E-state index in [1.807, 2.05) is 19.1 Å². The molecule has 1 saturated carbocycles. The van der Waals surface area contributed by atoms with Crippen molar-refractivity contribution in [3.63, 3.8) is 0 Å². The highest BCUT2D eigenvalue weighted by Gasteiger charge is 2.59. The molecule has 1 aromatic rings. The second kappa shape index (κ2) is 6.38. The maximum absolute atomic E-state index is 12.3. The lowest BCUT2D eigenvalue weighted by Crippen LogP contribution is -2.40. The van der Waals surface area contributed by atoms with Gasteiger partial charge in [-0.2, -0.15) is 0 Å². The summed E-state index contributed by atoms with van der Waals surface area (Å²) in [5.74, 6) is -0.945. The van der Waals surface area contributed by atoms with Crippen molar-refractivity contribution in [3.05, 3.63) is 35.4 Å². The number of carbonyl (C=O) groups excluding carboxylic acids is 2. The third-order valence-corrected chi connectivity index (χ3v) is 5.54. The third-order valence-electron chi connectivity index (χ3n) is 5.54. The lowest BCUT2D eigenvalue weighted by Gasteiger charge is -2.32. The van der Waals surface area contributed by atoms with E-state index in [0.29, 0.717) is 18.7 Å². The van der Waals surface area contributed by atoms with Gasteiger partial charge in [0.05, 0.1) is 5.92 Å². The van der Waals surface area contributed by atoms with Crippen LogP contribution in [0.5, 0.6) is 0 Å². The molecule has 0 aromatic heterocycles. The Labute approximate surface area is 141 Å². The normalized spacial score (nSPS) is 21.5. The molecule has 1 aromatic carbocycles. The number of likely N-dealkylation sites (tertiary alicyclic amines) is 1. The van der Waals surface area contributed by atoms with Crippen LogP contribution in [0, 0.1) is 18.3 Å². The van der Waals surface area contributed by atoms with Gasteiger partial charge < -0.3 is 10.0 Å². The van der Waals surface area contributed by atoms with E-state index in [2.05, 4.69) is 0 Å². The fourth-order valence-electron chi connectivity index (χ4n) is 3.71. The Morgan fingerprint density at radius 2 is 1.75 bits per heavy atom. The standard InChI is InChI=1S/C19H23NO4/c1-13-2-4-14(5-3-13)16(21)6-7-17(22)20-10-8-19(9-11-20)12-15(19)18(23)24/h2-5,15H,6-12H2,1H3,(H,23,24). The van der Waals surface area contributed by atoms with Gasteiger partial charge in [-0.1, -0.05) is 29.8 Å². The van der Waals surface area contributed by atoms with E-state index in [9.17, 15) is 14.4 Å². The Morgan fingerprint density at radius 1 is 1.12 bits per heavy atom. The van der Waals surface area contributed by atoms with E-state index in [0.717, 1.165) is 24.8 Å². The van der Waals surface area contributed by atoms with E-state index in [4.69, 9.17) is 5.11 Å². The van der Waals surface area contributed by atoms with E-state index in [-0.39, 0.29) is 35.9 Å². The smallest absolute Gasteiger partial charge is 0.307 e. The first-order chi connectivity index (χ1) is 11.4. The molecule has 1 saturated heterocycles. The molecule has 2 aliphatic rings. The van der Waals surface area contributed by atoms with E-state index >= 15 is 0 Å². The van der Waals surface area contributed by atoms with Gasteiger partial charge in [0.2, 0.25) is 5.91 Å². The summed E-state index contributed by atoms with van der Waals surface area (Å²) in [4.78, 5) is 37.3. The van der Waals surface area contributed by atoms with Crippen LogP contribution in [0.3, 0.4) is 0 Å². The molecule has 1 heterocycles. The van der Waals surface area contributed by atoms with Crippen LogP contribution >= 0.6 is 0 Å². The minimum Gasteiger partial charge on any atom is -0.481 e. The van der Waals surface area contributed by atoms with Gasteiger partial charge in [0, 0.05) is 31.5 Å². The van der Waals surface area contributed by atoms with Crippen LogP contribution in [-0.4, -0.2) is 40.8 Å². The molecule has 0 bridgehead atoms. The van der Waals surface area contributed by atoms with Crippen molar-refractivity contribution in [2.45, 2.75) is 39.0 Å². The number of nitrogens with zero attached hydrogens (tertiary/aromatic N) is 1. The first-order valence-electron chi connectivity index (χ1n) is 8.52. The van der Waals surface area contributed by atoms with Crippen molar-refractivity contribution < 1.29 is 19.5 Å². The monoisotopic (exact) mass is 329 g/mol. The van der Waals surface area contributed by atoms with Gasteiger partial charge in [0.15, 0.2) is 5.78 Å².